The number of aromatic nitrogens is 2. The molecule has 106 valence electrons. The van der Waals surface area contributed by atoms with Gasteiger partial charge in [0.1, 0.15) is 11.4 Å². The minimum absolute atomic E-state index is 0.0591. The number of hydrogen-bond donors (Lipinski definition) is 0. The molecule has 0 aromatic carbocycles. The Labute approximate surface area is 116 Å². The van der Waals surface area contributed by atoms with Crippen molar-refractivity contribution in [2.75, 3.05) is 13.7 Å². The highest BCUT2D eigenvalue weighted by atomic mass is 32.1. The summed E-state index contributed by atoms with van der Waals surface area (Å²) in [6.07, 6.45) is 1.60. The fourth-order valence-electron chi connectivity index (χ4n) is 1.59. The third-order valence-electron chi connectivity index (χ3n) is 2.65. The Hall–Kier alpha value is -1.50. The first-order valence-electron chi connectivity index (χ1n) is 6.20. The van der Waals surface area contributed by atoms with Gasteiger partial charge in [-0.1, -0.05) is 17.8 Å². The van der Waals surface area contributed by atoms with Gasteiger partial charge >= 0.3 is 5.97 Å². The van der Waals surface area contributed by atoms with Gasteiger partial charge in [-0.25, -0.2) is 0 Å². The van der Waals surface area contributed by atoms with Crippen LogP contribution in [-0.2, 0) is 16.0 Å². The maximum atomic E-state index is 12.4. The Morgan fingerprint density at radius 2 is 2.11 bits per heavy atom. The van der Waals surface area contributed by atoms with Gasteiger partial charge < -0.3 is 9.64 Å². The van der Waals surface area contributed by atoms with Crippen LogP contribution in [0.25, 0.3) is 0 Å². The molecule has 7 heteroatoms. The average Bonchev–Trinajstić information content (AvgIpc) is 2.83. The van der Waals surface area contributed by atoms with Crippen molar-refractivity contribution in [1.82, 2.24) is 14.5 Å². The lowest BCUT2D eigenvalue weighted by Gasteiger charge is -2.24. The van der Waals surface area contributed by atoms with Gasteiger partial charge in [-0.05, 0) is 31.8 Å². The molecule has 6 nitrogen and oxygen atoms in total. The minimum Gasteiger partial charge on any atom is -0.468 e. The van der Waals surface area contributed by atoms with E-state index in [4.69, 9.17) is 0 Å². The molecule has 0 aliphatic rings. The number of methoxy groups -OCH3 is 1. The number of ether oxygens (including phenoxy) is 1. The zero-order chi connectivity index (χ0) is 14.4. The highest BCUT2D eigenvalue weighted by molar-refractivity contribution is 7.08. The van der Waals surface area contributed by atoms with Crippen LogP contribution in [0, 0.1) is 0 Å². The number of nitrogens with zero attached hydrogens (tertiary/aromatic N) is 3. The molecule has 0 atom stereocenters. The highest BCUT2D eigenvalue weighted by Gasteiger charge is 2.26. The van der Waals surface area contributed by atoms with Gasteiger partial charge in [0.25, 0.3) is 5.91 Å². The highest BCUT2D eigenvalue weighted by Crippen LogP contribution is 2.17. The first kappa shape index (κ1) is 15.6. The fourth-order valence-corrected chi connectivity index (χ4v) is 2.26. The lowest BCUT2D eigenvalue weighted by atomic mass is 10.2. The zero-order valence-electron chi connectivity index (χ0n) is 11.7. The summed E-state index contributed by atoms with van der Waals surface area (Å²) in [6.45, 7) is 5.67. The van der Waals surface area contributed by atoms with Crippen LogP contribution in [0.5, 0.6) is 0 Å². The Balaban J connectivity index is 2.92. The normalized spacial score (nSPS) is 10.6. The SMILES string of the molecule is CCCc1nnsc1C(=O)N(CC(=O)OC)C(C)C. The Kier molecular flexibility index (Phi) is 5.88. The van der Waals surface area contributed by atoms with Crippen molar-refractivity contribution in [3.63, 3.8) is 0 Å². The molecule has 1 heterocycles. The van der Waals surface area contributed by atoms with Gasteiger partial charge in [0.2, 0.25) is 0 Å². The van der Waals surface area contributed by atoms with Crippen molar-refractivity contribution < 1.29 is 14.3 Å². The topological polar surface area (TPSA) is 72.4 Å². The lowest BCUT2D eigenvalue weighted by Crippen LogP contribution is -2.41. The second-order valence-electron chi connectivity index (χ2n) is 4.40. The zero-order valence-corrected chi connectivity index (χ0v) is 12.5. The second-order valence-corrected chi connectivity index (χ2v) is 5.16. The summed E-state index contributed by atoms with van der Waals surface area (Å²) in [5, 5.41) is 3.97. The molecule has 0 fully saturated rings. The molecule has 0 aliphatic heterocycles. The van der Waals surface area contributed by atoms with Crippen molar-refractivity contribution in [2.24, 2.45) is 0 Å². The number of rotatable bonds is 6. The van der Waals surface area contributed by atoms with E-state index >= 15 is 0 Å². The van der Waals surface area contributed by atoms with E-state index < -0.39 is 5.97 Å². The lowest BCUT2D eigenvalue weighted by molar-refractivity contribution is -0.141. The summed E-state index contributed by atoms with van der Waals surface area (Å²) < 4.78 is 8.45. The monoisotopic (exact) mass is 285 g/mol. The van der Waals surface area contributed by atoms with E-state index in [0.717, 1.165) is 18.0 Å². The summed E-state index contributed by atoms with van der Waals surface area (Å²) in [5.41, 5.74) is 0.702. The molecule has 0 saturated heterocycles. The third-order valence-corrected chi connectivity index (χ3v) is 3.40. The molecule has 1 aromatic heterocycles. The molecule has 1 rings (SSSR count). The van der Waals surface area contributed by atoms with Crippen LogP contribution in [0.4, 0.5) is 0 Å². The number of aryl methyl sites for hydroxylation is 1. The Morgan fingerprint density at radius 1 is 1.42 bits per heavy atom. The van der Waals surface area contributed by atoms with Crippen LogP contribution in [0.2, 0.25) is 0 Å². The van der Waals surface area contributed by atoms with E-state index in [-0.39, 0.29) is 18.5 Å². The van der Waals surface area contributed by atoms with Crippen LogP contribution in [0.15, 0.2) is 0 Å². The van der Waals surface area contributed by atoms with Crippen LogP contribution in [0.3, 0.4) is 0 Å². The summed E-state index contributed by atoms with van der Waals surface area (Å²) in [6, 6.07) is -0.0943. The van der Waals surface area contributed by atoms with E-state index in [0.29, 0.717) is 17.0 Å². The van der Waals surface area contributed by atoms with Crippen LogP contribution in [0.1, 0.15) is 42.6 Å². The molecule has 1 amide bonds. The number of esters is 1. The first-order chi connectivity index (χ1) is 9.01. The van der Waals surface area contributed by atoms with Gasteiger partial charge in [-0.15, -0.1) is 5.10 Å². The molecule has 0 spiro atoms. The molecule has 0 unspecified atom stereocenters. The number of carbonyl (C=O) groups is 2. The molecule has 1 aromatic rings. The predicted molar refractivity (Wildman–Crippen MR) is 72.1 cm³/mol. The quantitative estimate of drug-likeness (QED) is 0.741. The summed E-state index contributed by atoms with van der Waals surface area (Å²) in [4.78, 5) is 25.8. The molecule has 19 heavy (non-hydrogen) atoms. The van der Waals surface area contributed by atoms with Gasteiger partial charge in [0.15, 0.2) is 0 Å². The van der Waals surface area contributed by atoms with Crippen LogP contribution < -0.4 is 0 Å². The van der Waals surface area contributed by atoms with E-state index in [9.17, 15) is 9.59 Å². The Bertz CT molecular complexity index is 445. The maximum absolute atomic E-state index is 12.4. The molecule has 0 saturated carbocycles. The van der Waals surface area contributed by atoms with Gasteiger partial charge in [0, 0.05) is 6.04 Å². The summed E-state index contributed by atoms with van der Waals surface area (Å²) in [5.74, 6) is -0.643. The number of amides is 1. The van der Waals surface area contributed by atoms with Crippen molar-refractivity contribution in [3.8, 4) is 0 Å². The number of carbonyl (C=O) groups excluding carboxylic acids is 2. The van der Waals surface area contributed by atoms with E-state index in [1.54, 1.807) is 0 Å². The second kappa shape index (κ2) is 7.18. The van der Waals surface area contributed by atoms with Crippen molar-refractivity contribution in [2.45, 2.75) is 39.7 Å². The van der Waals surface area contributed by atoms with Gasteiger partial charge in [0.05, 0.1) is 12.8 Å². The third kappa shape index (κ3) is 3.99. The molecular weight excluding hydrogens is 266 g/mol. The standard InChI is InChI=1S/C12H19N3O3S/c1-5-6-9-11(19-14-13-9)12(17)15(8(2)3)7-10(16)18-4/h8H,5-7H2,1-4H3. The molecule has 0 N–H and O–H groups in total. The van der Waals surface area contributed by atoms with Crippen LogP contribution in [-0.4, -0.2) is 46.1 Å². The summed E-state index contributed by atoms with van der Waals surface area (Å²) >= 11 is 1.07. The van der Waals surface area contributed by atoms with E-state index in [1.165, 1.54) is 12.0 Å². The van der Waals surface area contributed by atoms with Crippen molar-refractivity contribution in [1.29, 1.82) is 0 Å². The van der Waals surface area contributed by atoms with Crippen LogP contribution >= 0.6 is 11.5 Å². The van der Waals surface area contributed by atoms with Gasteiger partial charge in [-0.2, -0.15) is 0 Å². The van der Waals surface area contributed by atoms with E-state index in [2.05, 4.69) is 14.3 Å². The largest absolute Gasteiger partial charge is 0.468 e. The predicted octanol–water partition coefficient (Wildman–Crippen LogP) is 1.51. The molecule has 0 radical (unpaired) electrons. The maximum Gasteiger partial charge on any atom is 0.325 e. The molecule has 0 bridgehead atoms. The molecule has 0 aliphatic carbocycles. The Morgan fingerprint density at radius 3 is 2.63 bits per heavy atom. The smallest absolute Gasteiger partial charge is 0.325 e. The van der Waals surface area contributed by atoms with E-state index in [1.807, 2.05) is 20.8 Å². The van der Waals surface area contributed by atoms with Crippen molar-refractivity contribution >= 4 is 23.4 Å². The first-order valence-corrected chi connectivity index (χ1v) is 6.97. The average molecular weight is 285 g/mol. The fraction of sp³-hybridized carbons (Fsp3) is 0.667. The molecular formula is C12H19N3O3S. The minimum atomic E-state index is -0.434. The van der Waals surface area contributed by atoms with Crippen molar-refractivity contribution in [3.05, 3.63) is 10.6 Å². The summed E-state index contributed by atoms with van der Waals surface area (Å²) in [7, 11) is 1.31. The van der Waals surface area contributed by atoms with Gasteiger partial charge in [-0.3, -0.25) is 9.59 Å². The number of hydrogen-bond acceptors (Lipinski definition) is 6.